The molecule has 11 heavy (non-hydrogen) atoms. The maximum absolute atomic E-state index is 5.49. The summed E-state index contributed by atoms with van der Waals surface area (Å²) in [5.74, 6) is 0. The third-order valence-electron chi connectivity index (χ3n) is 2.45. The van der Waals surface area contributed by atoms with Gasteiger partial charge < -0.3 is 4.74 Å². The number of ether oxygens (including phenoxy) is 1. The Morgan fingerprint density at radius 1 is 1.27 bits per heavy atom. The van der Waals surface area contributed by atoms with E-state index in [0.29, 0.717) is 0 Å². The lowest BCUT2D eigenvalue weighted by atomic mass is 9.93. The van der Waals surface area contributed by atoms with Crippen molar-refractivity contribution in [3.05, 3.63) is 12.2 Å². The molecule has 0 atom stereocenters. The van der Waals surface area contributed by atoms with Gasteiger partial charge in [-0.1, -0.05) is 26.0 Å². The highest BCUT2D eigenvalue weighted by Gasteiger charge is 2.22. The fraction of sp³-hybridized carbons (Fsp3) is 0.800. The summed E-state index contributed by atoms with van der Waals surface area (Å²) in [6, 6.07) is 0. The Labute approximate surface area is 70.4 Å². The van der Waals surface area contributed by atoms with Gasteiger partial charge in [0.1, 0.15) is 0 Å². The molecule has 1 heteroatoms. The van der Waals surface area contributed by atoms with Gasteiger partial charge in [0.25, 0.3) is 0 Å². The van der Waals surface area contributed by atoms with Crippen LogP contribution >= 0.6 is 0 Å². The third-order valence-corrected chi connectivity index (χ3v) is 2.45. The zero-order valence-electron chi connectivity index (χ0n) is 8.18. The maximum atomic E-state index is 5.49. The van der Waals surface area contributed by atoms with Gasteiger partial charge in [0.15, 0.2) is 0 Å². The first-order chi connectivity index (χ1) is 5.24. The summed E-state index contributed by atoms with van der Waals surface area (Å²) in [5, 5.41) is 0. The molecule has 66 valence electrons. The Bertz CT molecular complexity index is 104. The molecule has 0 aliphatic carbocycles. The summed E-state index contributed by atoms with van der Waals surface area (Å²) >= 11 is 0. The molecule has 0 rings (SSSR count). The summed E-state index contributed by atoms with van der Waals surface area (Å²) in [5.41, 5.74) is 0.0898. The van der Waals surface area contributed by atoms with E-state index in [0.717, 1.165) is 19.3 Å². The molecule has 0 aliphatic rings. The number of hydrogen-bond acceptors (Lipinski definition) is 1. The average Bonchev–Trinajstić information content (AvgIpc) is 2.08. The Morgan fingerprint density at radius 3 is 2.09 bits per heavy atom. The van der Waals surface area contributed by atoms with E-state index in [1.807, 2.05) is 6.92 Å². The second-order valence-corrected chi connectivity index (χ2v) is 2.87. The summed E-state index contributed by atoms with van der Waals surface area (Å²) in [6.07, 6.45) is 7.47. The second-order valence-electron chi connectivity index (χ2n) is 2.87. The monoisotopic (exact) mass is 156 g/mol. The van der Waals surface area contributed by atoms with Crippen molar-refractivity contribution in [2.45, 2.75) is 45.6 Å². The van der Waals surface area contributed by atoms with Crippen molar-refractivity contribution >= 4 is 0 Å². The zero-order chi connectivity index (χ0) is 8.74. The molecule has 0 aromatic carbocycles. The highest BCUT2D eigenvalue weighted by atomic mass is 16.5. The molecule has 0 bridgehead atoms. The van der Waals surface area contributed by atoms with Crippen LogP contribution in [0.15, 0.2) is 12.2 Å². The number of hydrogen-bond donors (Lipinski definition) is 0. The molecule has 0 saturated carbocycles. The van der Waals surface area contributed by atoms with Crippen molar-refractivity contribution in [3.8, 4) is 0 Å². The Hall–Kier alpha value is -0.300. The zero-order valence-corrected chi connectivity index (χ0v) is 8.18. The fourth-order valence-electron chi connectivity index (χ4n) is 1.24. The first-order valence-corrected chi connectivity index (χ1v) is 4.41. The molecule has 0 unspecified atom stereocenters. The van der Waals surface area contributed by atoms with E-state index in [2.05, 4.69) is 26.0 Å². The van der Waals surface area contributed by atoms with Crippen molar-refractivity contribution in [1.82, 2.24) is 0 Å². The third kappa shape index (κ3) is 3.06. The van der Waals surface area contributed by atoms with E-state index in [1.54, 1.807) is 7.11 Å². The van der Waals surface area contributed by atoms with Crippen LogP contribution < -0.4 is 0 Å². The second kappa shape index (κ2) is 5.36. The smallest absolute Gasteiger partial charge is 0.0707 e. The molecule has 0 heterocycles. The van der Waals surface area contributed by atoms with Gasteiger partial charge in [-0.2, -0.15) is 0 Å². The average molecular weight is 156 g/mol. The van der Waals surface area contributed by atoms with Gasteiger partial charge >= 0.3 is 0 Å². The SMILES string of the molecule is C/C=C/CC(CC)(CC)OC. The molecule has 0 aliphatic heterocycles. The highest BCUT2D eigenvalue weighted by molar-refractivity contribution is 4.89. The lowest BCUT2D eigenvalue weighted by Crippen LogP contribution is -2.28. The summed E-state index contributed by atoms with van der Waals surface area (Å²) < 4.78 is 5.49. The molecule has 0 N–H and O–H groups in total. The molecule has 0 aromatic rings. The Morgan fingerprint density at radius 2 is 1.82 bits per heavy atom. The van der Waals surface area contributed by atoms with Gasteiger partial charge in [-0.15, -0.1) is 0 Å². The highest BCUT2D eigenvalue weighted by Crippen LogP contribution is 2.23. The van der Waals surface area contributed by atoms with Crippen LogP contribution in [0.1, 0.15) is 40.0 Å². The van der Waals surface area contributed by atoms with E-state index in [9.17, 15) is 0 Å². The minimum Gasteiger partial charge on any atom is -0.378 e. The van der Waals surface area contributed by atoms with E-state index >= 15 is 0 Å². The molecule has 0 radical (unpaired) electrons. The molecule has 0 aromatic heterocycles. The van der Waals surface area contributed by atoms with E-state index in [1.165, 1.54) is 0 Å². The molecule has 0 amide bonds. The van der Waals surface area contributed by atoms with Crippen LogP contribution in [0.4, 0.5) is 0 Å². The van der Waals surface area contributed by atoms with E-state index < -0.39 is 0 Å². The van der Waals surface area contributed by atoms with Crippen LogP contribution in [0, 0.1) is 0 Å². The maximum Gasteiger partial charge on any atom is 0.0707 e. The van der Waals surface area contributed by atoms with Gasteiger partial charge in [0.2, 0.25) is 0 Å². The summed E-state index contributed by atoms with van der Waals surface area (Å²) in [4.78, 5) is 0. The van der Waals surface area contributed by atoms with Crippen LogP contribution in [0.25, 0.3) is 0 Å². The summed E-state index contributed by atoms with van der Waals surface area (Å²) in [7, 11) is 1.80. The topological polar surface area (TPSA) is 9.23 Å². The first kappa shape index (κ1) is 10.7. The lowest BCUT2D eigenvalue weighted by molar-refractivity contribution is -0.0142. The fourth-order valence-corrected chi connectivity index (χ4v) is 1.24. The van der Waals surface area contributed by atoms with Crippen LogP contribution in [0.3, 0.4) is 0 Å². The minimum absolute atomic E-state index is 0.0898. The van der Waals surface area contributed by atoms with Crippen LogP contribution in [0.5, 0.6) is 0 Å². The molecule has 1 nitrogen and oxygen atoms in total. The molecular formula is C10H20O. The molecule has 0 saturated heterocycles. The Balaban J connectivity index is 4.04. The van der Waals surface area contributed by atoms with Gasteiger partial charge in [-0.25, -0.2) is 0 Å². The first-order valence-electron chi connectivity index (χ1n) is 4.41. The van der Waals surface area contributed by atoms with Crippen LogP contribution in [-0.4, -0.2) is 12.7 Å². The van der Waals surface area contributed by atoms with Gasteiger partial charge in [0.05, 0.1) is 5.60 Å². The summed E-state index contributed by atoms with van der Waals surface area (Å²) in [6.45, 7) is 6.40. The van der Waals surface area contributed by atoms with Gasteiger partial charge in [-0.3, -0.25) is 0 Å². The lowest BCUT2D eigenvalue weighted by Gasteiger charge is -2.28. The number of rotatable bonds is 5. The largest absolute Gasteiger partial charge is 0.378 e. The quantitative estimate of drug-likeness (QED) is 0.555. The normalized spacial score (nSPS) is 12.7. The Kier molecular flexibility index (Phi) is 5.22. The van der Waals surface area contributed by atoms with Crippen LogP contribution in [-0.2, 0) is 4.74 Å². The molecule has 0 fully saturated rings. The van der Waals surface area contributed by atoms with Crippen molar-refractivity contribution in [2.24, 2.45) is 0 Å². The predicted molar refractivity (Wildman–Crippen MR) is 49.8 cm³/mol. The van der Waals surface area contributed by atoms with Crippen molar-refractivity contribution in [1.29, 1.82) is 0 Å². The predicted octanol–water partition coefficient (Wildman–Crippen LogP) is 3.16. The van der Waals surface area contributed by atoms with Gasteiger partial charge in [0, 0.05) is 7.11 Å². The van der Waals surface area contributed by atoms with Crippen molar-refractivity contribution in [3.63, 3.8) is 0 Å². The minimum atomic E-state index is 0.0898. The van der Waals surface area contributed by atoms with Crippen LogP contribution in [0.2, 0.25) is 0 Å². The molecular weight excluding hydrogens is 136 g/mol. The number of methoxy groups -OCH3 is 1. The van der Waals surface area contributed by atoms with Crippen molar-refractivity contribution in [2.75, 3.05) is 7.11 Å². The standard InChI is InChI=1S/C10H20O/c1-5-8-9-10(6-2,7-3)11-4/h5,8H,6-7,9H2,1-4H3/b8-5+. The van der Waals surface area contributed by atoms with E-state index in [4.69, 9.17) is 4.74 Å². The van der Waals surface area contributed by atoms with Gasteiger partial charge in [-0.05, 0) is 26.2 Å². The van der Waals surface area contributed by atoms with E-state index in [-0.39, 0.29) is 5.60 Å². The van der Waals surface area contributed by atoms with Crippen molar-refractivity contribution < 1.29 is 4.74 Å². The molecule has 0 spiro atoms. The number of allylic oxidation sites excluding steroid dienone is 1.